The molecule has 0 aliphatic heterocycles. The summed E-state index contributed by atoms with van der Waals surface area (Å²) in [4.78, 5) is 0. The zero-order valence-electron chi connectivity index (χ0n) is 15.7. The molecule has 2 atom stereocenters. The lowest BCUT2D eigenvalue weighted by atomic mass is 9.84. The van der Waals surface area contributed by atoms with E-state index in [9.17, 15) is 0 Å². The molecule has 1 aliphatic rings. The zero-order valence-corrected chi connectivity index (χ0v) is 17.2. The first-order valence-electron chi connectivity index (χ1n) is 9.53. The number of hydrogen-bond donors (Lipinski definition) is 5. The van der Waals surface area contributed by atoms with Gasteiger partial charge in [0.25, 0.3) is 0 Å². The lowest BCUT2D eigenvalue weighted by Crippen LogP contribution is -2.53. The fourth-order valence-electron chi connectivity index (χ4n) is 3.00. The van der Waals surface area contributed by atoms with Crippen molar-refractivity contribution in [1.82, 2.24) is 10.6 Å². The Kier molecular flexibility index (Phi) is 9.62. The van der Waals surface area contributed by atoms with Gasteiger partial charge >= 0.3 is 0 Å². The fraction of sp³-hybridized carbons (Fsp3) is 0.500. The van der Waals surface area contributed by atoms with Crippen LogP contribution in [-0.4, -0.2) is 44.3 Å². The second-order valence-electron chi connectivity index (χ2n) is 6.86. The van der Waals surface area contributed by atoms with E-state index in [1.807, 2.05) is 42.5 Å². The van der Waals surface area contributed by atoms with Gasteiger partial charge in [0.2, 0.25) is 0 Å². The molecule has 7 heteroatoms. The van der Waals surface area contributed by atoms with E-state index in [1.165, 1.54) is 0 Å². The highest BCUT2D eigenvalue weighted by atomic mass is 35.5. The lowest BCUT2D eigenvalue weighted by molar-refractivity contribution is 0.416. The summed E-state index contributed by atoms with van der Waals surface area (Å²) in [6, 6.07) is 5.41. The predicted molar refractivity (Wildman–Crippen MR) is 118 cm³/mol. The normalized spacial score (nSPS) is 21.6. The summed E-state index contributed by atoms with van der Waals surface area (Å²) in [7, 11) is 0. The minimum Gasteiger partial charge on any atom is -0.383 e. The van der Waals surface area contributed by atoms with Crippen LogP contribution in [0.4, 0.5) is 5.69 Å². The van der Waals surface area contributed by atoms with Crippen molar-refractivity contribution >= 4 is 28.9 Å². The third-order valence-electron chi connectivity index (χ3n) is 4.69. The maximum atomic E-state index is 6.35. The van der Waals surface area contributed by atoms with Gasteiger partial charge in [0.05, 0.1) is 21.3 Å². The molecular formula is C20H31Cl2N5. The summed E-state index contributed by atoms with van der Waals surface area (Å²) in [5.74, 6) is 0. The molecule has 7 N–H and O–H groups in total. The molecule has 0 bridgehead atoms. The van der Waals surface area contributed by atoms with Crippen LogP contribution in [0, 0.1) is 0 Å². The predicted octanol–water partition coefficient (Wildman–Crippen LogP) is 2.91. The maximum absolute atomic E-state index is 6.35. The lowest BCUT2D eigenvalue weighted by Gasteiger charge is -2.32. The quantitative estimate of drug-likeness (QED) is 0.341. The second kappa shape index (κ2) is 11.7. The van der Waals surface area contributed by atoms with E-state index < -0.39 is 5.54 Å². The molecule has 0 radical (unpaired) electrons. The number of nitrogens with two attached hydrogens (primary N) is 2. The van der Waals surface area contributed by atoms with E-state index in [4.69, 9.17) is 34.7 Å². The fourth-order valence-corrected chi connectivity index (χ4v) is 3.53. The number of para-hydroxylation sites is 1. The van der Waals surface area contributed by atoms with E-state index in [0.717, 1.165) is 57.7 Å². The van der Waals surface area contributed by atoms with Gasteiger partial charge in [-0.3, -0.25) is 0 Å². The third-order valence-corrected chi connectivity index (χ3v) is 5.32. The monoisotopic (exact) mass is 411 g/mol. The third kappa shape index (κ3) is 7.45. The highest BCUT2D eigenvalue weighted by Crippen LogP contribution is 2.29. The molecule has 2 rings (SSSR count). The van der Waals surface area contributed by atoms with Crippen LogP contribution in [0.3, 0.4) is 0 Å². The van der Waals surface area contributed by atoms with Crippen molar-refractivity contribution in [3.8, 4) is 0 Å². The molecule has 27 heavy (non-hydrogen) atoms. The van der Waals surface area contributed by atoms with E-state index in [0.29, 0.717) is 10.0 Å². The standard InChI is InChI=1S/C20H31Cl2N5/c21-16-6-3-7-17(22)19(16)27-13-5-12-26-15-14-25-11-4-10-20(24)9-2-1-8-18(20)23/h1-3,6-9,18,25-27H,4-5,10-15,23-24H2. The molecule has 0 fully saturated rings. The number of benzene rings is 1. The summed E-state index contributed by atoms with van der Waals surface area (Å²) in [6.07, 6.45) is 10.8. The van der Waals surface area contributed by atoms with Crippen LogP contribution in [0.5, 0.6) is 0 Å². The van der Waals surface area contributed by atoms with Crippen molar-refractivity contribution in [2.75, 3.05) is 38.0 Å². The zero-order chi connectivity index (χ0) is 19.5. The van der Waals surface area contributed by atoms with Crippen molar-refractivity contribution in [2.24, 2.45) is 11.5 Å². The molecule has 1 aromatic rings. The number of anilines is 1. The van der Waals surface area contributed by atoms with Crippen LogP contribution >= 0.6 is 23.2 Å². The first-order chi connectivity index (χ1) is 13.0. The van der Waals surface area contributed by atoms with Crippen LogP contribution in [0.15, 0.2) is 42.5 Å². The number of nitrogens with one attached hydrogen (secondary N) is 3. The Morgan fingerprint density at radius 1 is 0.926 bits per heavy atom. The second-order valence-corrected chi connectivity index (χ2v) is 7.68. The van der Waals surface area contributed by atoms with Gasteiger partial charge in [-0.25, -0.2) is 0 Å². The van der Waals surface area contributed by atoms with Crippen LogP contribution in [0.1, 0.15) is 19.3 Å². The van der Waals surface area contributed by atoms with Gasteiger partial charge in [0.1, 0.15) is 0 Å². The van der Waals surface area contributed by atoms with Gasteiger partial charge in [-0.05, 0) is 44.5 Å². The van der Waals surface area contributed by atoms with E-state index in [1.54, 1.807) is 0 Å². The van der Waals surface area contributed by atoms with E-state index in [2.05, 4.69) is 16.0 Å². The number of allylic oxidation sites excluding steroid dienone is 2. The molecule has 0 amide bonds. The largest absolute Gasteiger partial charge is 0.383 e. The Labute approximate surface area is 172 Å². The number of rotatable bonds is 12. The van der Waals surface area contributed by atoms with Gasteiger partial charge < -0.3 is 27.4 Å². The van der Waals surface area contributed by atoms with Gasteiger partial charge in [0.15, 0.2) is 0 Å². The van der Waals surface area contributed by atoms with Gasteiger partial charge in [0, 0.05) is 25.7 Å². The van der Waals surface area contributed by atoms with Crippen molar-refractivity contribution in [1.29, 1.82) is 0 Å². The molecule has 0 spiro atoms. The van der Waals surface area contributed by atoms with E-state index in [-0.39, 0.29) is 6.04 Å². The van der Waals surface area contributed by atoms with Crippen molar-refractivity contribution in [3.05, 3.63) is 52.5 Å². The Morgan fingerprint density at radius 2 is 1.59 bits per heavy atom. The average Bonchev–Trinajstić information content (AvgIpc) is 2.64. The molecule has 0 heterocycles. The van der Waals surface area contributed by atoms with Crippen LogP contribution in [-0.2, 0) is 0 Å². The minimum atomic E-state index is -0.410. The molecule has 5 nitrogen and oxygen atoms in total. The first kappa shape index (κ1) is 22.2. The Bertz CT molecular complexity index is 615. The average molecular weight is 412 g/mol. The molecular weight excluding hydrogens is 381 g/mol. The first-order valence-corrected chi connectivity index (χ1v) is 10.3. The molecule has 0 saturated carbocycles. The van der Waals surface area contributed by atoms with Crippen molar-refractivity contribution in [2.45, 2.75) is 30.8 Å². The smallest absolute Gasteiger partial charge is 0.0718 e. The molecule has 150 valence electrons. The van der Waals surface area contributed by atoms with Crippen LogP contribution in [0.2, 0.25) is 10.0 Å². The van der Waals surface area contributed by atoms with Crippen molar-refractivity contribution < 1.29 is 0 Å². The summed E-state index contributed by atoms with van der Waals surface area (Å²) in [5.41, 5.74) is 12.8. The summed E-state index contributed by atoms with van der Waals surface area (Å²) >= 11 is 12.3. The molecule has 1 aromatic carbocycles. The molecule has 0 aromatic heterocycles. The van der Waals surface area contributed by atoms with Crippen molar-refractivity contribution in [3.63, 3.8) is 0 Å². The maximum Gasteiger partial charge on any atom is 0.0718 e. The van der Waals surface area contributed by atoms with Gasteiger partial charge in [-0.15, -0.1) is 0 Å². The summed E-state index contributed by atoms with van der Waals surface area (Å²) in [5, 5.41) is 11.5. The van der Waals surface area contributed by atoms with Crippen LogP contribution in [0.25, 0.3) is 0 Å². The minimum absolute atomic E-state index is 0.0987. The number of halogens is 2. The summed E-state index contributed by atoms with van der Waals surface area (Å²) < 4.78 is 0. The SMILES string of the molecule is NC1C=CC=CC1(N)CCCNCCNCCCNc1c(Cl)cccc1Cl. The number of hydrogen-bond acceptors (Lipinski definition) is 5. The topological polar surface area (TPSA) is 88.1 Å². The van der Waals surface area contributed by atoms with E-state index >= 15 is 0 Å². The Hall–Kier alpha value is -1.08. The Morgan fingerprint density at radius 3 is 2.26 bits per heavy atom. The van der Waals surface area contributed by atoms with Gasteiger partial charge in [-0.1, -0.05) is 53.6 Å². The highest BCUT2D eigenvalue weighted by molar-refractivity contribution is 6.39. The highest BCUT2D eigenvalue weighted by Gasteiger charge is 2.28. The Balaban J connectivity index is 1.44. The summed E-state index contributed by atoms with van der Waals surface area (Å²) in [6.45, 7) is 4.57. The van der Waals surface area contributed by atoms with Gasteiger partial charge in [-0.2, -0.15) is 0 Å². The van der Waals surface area contributed by atoms with Crippen LogP contribution < -0.4 is 27.4 Å². The molecule has 1 aliphatic carbocycles. The molecule has 2 unspecified atom stereocenters. The molecule has 0 saturated heterocycles.